The summed E-state index contributed by atoms with van der Waals surface area (Å²) in [6.45, 7) is 10.5. The predicted octanol–water partition coefficient (Wildman–Crippen LogP) is 4.88. The SMILES string of the molecule is Cc1cc2c(cnn2-c2ccc(F)cc2)cc1[C@H]1CN(S(=O)(=O)c2cccnc2C)CCN1CC(C)C. The molecule has 1 fully saturated rings. The Kier molecular flexibility index (Phi) is 6.87. The number of sulfonamides is 1. The van der Waals surface area contributed by atoms with E-state index in [4.69, 9.17) is 0 Å². The second-order valence-electron chi connectivity index (χ2n) is 10.2. The van der Waals surface area contributed by atoms with Crippen molar-refractivity contribution in [3.63, 3.8) is 0 Å². The Bertz CT molecular complexity index is 1530. The summed E-state index contributed by atoms with van der Waals surface area (Å²) in [7, 11) is -3.68. The van der Waals surface area contributed by atoms with E-state index in [1.807, 2.05) is 6.20 Å². The fourth-order valence-corrected chi connectivity index (χ4v) is 6.83. The van der Waals surface area contributed by atoms with E-state index in [0.717, 1.165) is 34.3 Å². The molecule has 0 radical (unpaired) electrons. The maximum atomic E-state index is 13.6. The maximum absolute atomic E-state index is 13.6. The quantitative estimate of drug-likeness (QED) is 0.362. The Morgan fingerprint density at radius 3 is 2.54 bits per heavy atom. The van der Waals surface area contributed by atoms with Gasteiger partial charge < -0.3 is 0 Å². The van der Waals surface area contributed by atoms with Gasteiger partial charge in [-0.05, 0) is 79.4 Å². The maximum Gasteiger partial charge on any atom is 0.244 e. The van der Waals surface area contributed by atoms with Gasteiger partial charge in [0.25, 0.3) is 0 Å². The van der Waals surface area contributed by atoms with Gasteiger partial charge >= 0.3 is 0 Å². The minimum absolute atomic E-state index is 0.0959. The number of nitrogens with zero attached hydrogens (tertiary/aromatic N) is 5. The van der Waals surface area contributed by atoms with E-state index in [1.165, 1.54) is 12.1 Å². The number of pyridine rings is 1. The zero-order valence-electron chi connectivity index (χ0n) is 21.6. The first kappa shape index (κ1) is 25.5. The first-order chi connectivity index (χ1) is 17.6. The lowest BCUT2D eigenvalue weighted by atomic mass is 9.96. The van der Waals surface area contributed by atoms with Gasteiger partial charge in [-0.1, -0.05) is 13.8 Å². The molecule has 1 aliphatic rings. The van der Waals surface area contributed by atoms with Crippen molar-refractivity contribution in [1.82, 2.24) is 24.0 Å². The normalized spacial score (nSPS) is 17.6. The van der Waals surface area contributed by atoms with Gasteiger partial charge in [-0.25, -0.2) is 17.5 Å². The summed E-state index contributed by atoms with van der Waals surface area (Å²) in [5, 5.41) is 5.52. The lowest BCUT2D eigenvalue weighted by Crippen LogP contribution is -2.51. The topological polar surface area (TPSA) is 71.3 Å². The monoisotopic (exact) mass is 521 g/mol. The molecule has 0 saturated carbocycles. The van der Waals surface area contributed by atoms with E-state index in [9.17, 15) is 12.8 Å². The van der Waals surface area contributed by atoms with Gasteiger partial charge in [-0.3, -0.25) is 9.88 Å². The summed E-state index contributed by atoms with van der Waals surface area (Å²) in [6.07, 6.45) is 3.42. The molecule has 1 atom stereocenters. The molecule has 2 aromatic carbocycles. The molecule has 2 aromatic heterocycles. The van der Waals surface area contributed by atoms with Crippen LogP contribution in [0.4, 0.5) is 4.39 Å². The third-order valence-corrected chi connectivity index (χ3v) is 9.01. The molecular formula is C28H32FN5O2S. The van der Waals surface area contributed by atoms with Crippen LogP contribution in [0.5, 0.6) is 0 Å². The molecular weight excluding hydrogens is 489 g/mol. The molecule has 0 N–H and O–H groups in total. The Hall–Kier alpha value is -3.14. The minimum Gasteiger partial charge on any atom is -0.293 e. The Morgan fingerprint density at radius 1 is 1.08 bits per heavy atom. The summed E-state index contributed by atoms with van der Waals surface area (Å²) < 4.78 is 44.1. The number of benzene rings is 2. The fourth-order valence-electron chi connectivity index (χ4n) is 5.22. The van der Waals surface area contributed by atoms with Crippen molar-refractivity contribution in [3.8, 4) is 5.69 Å². The van der Waals surface area contributed by atoms with Gasteiger partial charge in [0.1, 0.15) is 10.7 Å². The standard InChI is InChI=1S/C28H32FN5O2S/c1-19(2)17-32-12-13-33(37(35,36)28-6-5-11-30-21(28)4)18-27(32)25-15-22-16-31-34(26(22)14-20(25)3)24-9-7-23(29)8-10-24/h5-11,14-16,19,27H,12-13,17-18H2,1-4H3/t27-/m1/s1. The average molecular weight is 522 g/mol. The fraction of sp³-hybridized carbons (Fsp3) is 0.357. The molecule has 37 heavy (non-hydrogen) atoms. The summed E-state index contributed by atoms with van der Waals surface area (Å²) in [6, 6.07) is 13.7. The largest absolute Gasteiger partial charge is 0.293 e. The van der Waals surface area contributed by atoms with Crippen LogP contribution in [-0.2, 0) is 10.0 Å². The second-order valence-corrected chi connectivity index (χ2v) is 12.1. The number of hydrogen-bond donors (Lipinski definition) is 0. The number of aromatic nitrogens is 3. The first-order valence-electron chi connectivity index (χ1n) is 12.5. The Morgan fingerprint density at radius 2 is 1.84 bits per heavy atom. The van der Waals surface area contributed by atoms with Crippen LogP contribution in [0, 0.1) is 25.6 Å². The Balaban J connectivity index is 1.54. The number of halogens is 1. The van der Waals surface area contributed by atoms with Gasteiger partial charge in [0.15, 0.2) is 0 Å². The van der Waals surface area contributed by atoms with E-state index in [0.29, 0.717) is 31.2 Å². The molecule has 7 nitrogen and oxygen atoms in total. The smallest absolute Gasteiger partial charge is 0.244 e. The van der Waals surface area contributed by atoms with Crippen LogP contribution in [0.25, 0.3) is 16.6 Å². The zero-order valence-corrected chi connectivity index (χ0v) is 22.4. The lowest BCUT2D eigenvalue weighted by Gasteiger charge is -2.42. The molecule has 0 amide bonds. The van der Waals surface area contributed by atoms with E-state index < -0.39 is 10.0 Å². The van der Waals surface area contributed by atoms with Gasteiger partial charge in [0, 0.05) is 43.8 Å². The molecule has 0 aliphatic carbocycles. The van der Waals surface area contributed by atoms with Crippen molar-refractivity contribution in [2.75, 3.05) is 26.2 Å². The van der Waals surface area contributed by atoms with Crippen molar-refractivity contribution >= 4 is 20.9 Å². The molecule has 4 aromatic rings. The van der Waals surface area contributed by atoms with E-state index >= 15 is 0 Å². The number of hydrogen-bond acceptors (Lipinski definition) is 5. The number of fused-ring (bicyclic) bond motifs is 1. The second kappa shape index (κ2) is 9.96. The van der Waals surface area contributed by atoms with Crippen LogP contribution in [0.1, 0.15) is 36.7 Å². The minimum atomic E-state index is -3.68. The molecule has 194 valence electrons. The molecule has 0 spiro atoms. The highest BCUT2D eigenvalue weighted by molar-refractivity contribution is 7.89. The van der Waals surface area contributed by atoms with Crippen LogP contribution >= 0.6 is 0 Å². The highest BCUT2D eigenvalue weighted by Crippen LogP contribution is 2.34. The van der Waals surface area contributed by atoms with Gasteiger partial charge in [-0.2, -0.15) is 9.40 Å². The highest BCUT2D eigenvalue weighted by Gasteiger charge is 2.36. The molecule has 0 unspecified atom stereocenters. The summed E-state index contributed by atoms with van der Waals surface area (Å²) in [5.41, 5.74) is 4.37. The molecule has 1 aliphatic heterocycles. The van der Waals surface area contributed by atoms with E-state index in [2.05, 4.69) is 47.9 Å². The van der Waals surface area contributed by atoms with Crippen molar-refractivity contribution in [2.24, 2.45) is 5.92 Å². The Labute approximate surface area is 217 Å². The van der Waals surface area contributed by atoms with Crippen LogP contribution in [0.15, 0.2) is 65.8 Å². The number of piperazine rings is 1. The highest BCUT2D eigenvalue weighted by atomic mass is 32.2. The summed E-state index contributed by atoms with van der Waals surface area (Å²) in [5.74, 6) is 0.152. The molecule has 3 heterocycles. The zero-order chi connectivity index (χ0) is 26.3. The first-order valence-corrected chi connectivity index (χ1v) is 14.0. The summed E-state index contributed by atoms with van der Waals surface area (Å²) in [4.78, 5) is 6.86. The predicted molar refractivity (Wildman–Crippen MR) is 143 cm³/mol. The lowest BCUT2D eigenvalue weighted by molar-refractivity contribution is 0.105. The average Bonchev–Trinajstić information content (AvgIpc) is 3.26. The van der Waals surface area contributed by atoms with Crippen molar-refractivity contribution < 1.29 is 12.8 Å². The van der Waals surface area contributed by atoms with Crippen LogP contribution < -0.4 is 0 Å². The molecule has 5 rings (SSSR count). The number of rotatable bonds is 6. The van der Waals surface area contributed by atoms with Crippen molar-refractivity contribution in [1.29, 1.82) is 0 Å². The molecule has 0 bridgehead atoms. The van der Waals surface area contributed by atoms with Gasteiger partial charge in [0.05, 0.1) is 23.1 Å². The van der Waals surface area contributed by atoms with Crippen LogP contribution in [0.2, 0.25) is 0 Å². The van der Waals surface area contributed by atoms with Crippen LogP contribution in [-0.4, -0.2) is 58.6 Å². The summed E-state index contributed by atoms with van der Waals surface area (Å²) >= 11 is 0. The van der Waals surface area contributed by atoms with Crippen molar-refractivity contribution in [2.45, 2.75) is 38.6 Å². The number of aryl methyl sites for hydroxylation is 2. The third-order valence-electron chi connectivity index (χ3n) is 7.02. The third kappa shape index (κ3) is 4.91. The van der Waals surface area contributed by atoms with E-state index in [1.54, 1.807) is 46.4 Å². The van der Waals surface area contributed by atoms with Crippen LogP contribution in [0.3, 0.4) is 0 Å². The molecule has 1 saturated heterocycles. The van der Waals surface area contributed by atoms with Gasteiger partial charge in [0.2, 0.25) is 10.0 Å². The van der Waals surface area contributed by atoms with E-state index in [-0.39, 0.29) is 16.8 Å². The van der Waals surface area contributed by atoms with Crippen molar-refractivity contribution in [3.05, 3.63) is 83.6 Å². The van der Waals surface area contributed by atoms with Gasteiger partial charge in [-0.15, -0.1) is 0 Å². The molecule has 9 heteroatoms.